The number of hydrogen-bond donors (Lipinski definition) is 0. The molecular formula is C73H49N7. The van der Waals surface area contributed by atoms with E-state index >= 15 is 0 Å². The average molecular weight is 1020 g/mol. The molecule has 7 nitrogen and oxygen atoms in total. The molecule has 0 aliphatic rings. The van der Waals surface area contributed by atoms with E-state index in [0.29, 0.717) is 39.7 Å². The first-order valence-corrected chi connectivity index (χ1v) is 26.5. The van der Waals surface area contributed by atoms with Crippen molar-refractivity contribution < 1.29 is 0 Å². The van der Waals surface area contributed by atoms with Crippen molar-refractivity contribution >= 4 is 67.3 Å². The Balaban J connectivity index is 0.856. The molecule has 2 heterocycles. The van der Waals surface area contributed by atoms with E-state index in [1.807, 2.05) is 42.5 Å². The summed E-state index contributed by atoms with van der Waals surface area (Å²) in [6.45, 7) is 17.9. The van der Waals surface area contributed by atoms with Crippen molar-refractivity contribution in [2.45, 2.75) is 6.92 Å². The average Bonchev–Trinajstić information content (AvgIpc) is 4.09. The van der Waals surface area contributed by atoms with Gasteiger partial charge in [-0.1, -0.05) is 176 Å². The first-order valence-electron chi connectivity index (χ1n) is 26.5. The van der Waals surface area contributed by atoms with Gasteiger partial charge in [-0.2, -0.15) is 0 Å². The summed E-state index contributed by atoms with van der Waals surface area (Å²) >= 11 is 0. The number of hydrogen-bond acceptors (Lipinski definition) is 4. The number of nitrogens with zero attached hydrogens (tertiary/aromatic N) is 7. The molecule has 0 atom stereocenters. The van der Waals surface area contributed by atoms with Crippen molar-refractivity contribution in [3.63, 3.8) is 0 Å². The Bertz CT molecular complexity index is 4190. The molecule has 13 aromatic rings. The Morgan fingerprint density at radius 1 is 0.338 bits per heavy atom. The molecule has 0 aliphatic heterocycles. The summed E-state index contributed by atoms with van der Waals surface area (Å²) in [6, 6.07) is 96.8. The van der Waals surface area contributed by atoms with Gasteiger partial charge in [0.1, 0.15) is 5.82 Å². The standard InChI is InChI=1S/C73H49N7/c1-50-46-55(53-34-32-51(33-35-53)52-36-38-54(39-37-52)68-49-69(62-28-16-18-30-66(62)74-2)77-73(76-68)63-29-17-19-31-67(63)75-3)40-43-70(50)80-71-44-41-60(78(56-20-8-4-9-21-56)57-22-10-5-11-23-57)47-64(71)65-48-61(42-45-72(65)80)79(58-24-12-6-13-25-58)59-26-14-7-15-27-59/h4-49H,1H3. The van der Waals surface area contributed by atoms with E-state index in [0.717, 1.165) is 95.0 Å². The second kappa shape index (κ2) is 21.1. The predicted octanol–water partition coefficient (Wildman–Crippen LogP) is 20.3. The largest absolute Gasteiger partial charge is 0.310 e. The second-order valence-electron chi connectivity index (χ2n) is 19.6. The zero-order valence-corrected chi connectivity index (χ0v) is 43.7. The van der Waals surface area contributed by atoms with Crippen LogP contribution in [0.2, 0.25) is 0 Å². The minimum atomic E-state index is 0.439. The molecule has 0 bridgehead atoms. The summed E-state index contributed by atoms with van der Waals surface area (Å²) < 4.78 is 2.43. The molecule has 376 valence electrons. The lowest BCUT2D eigenvalue weighted by atomic mass is 9.97. The number of benzene rings is 11. The highest BCUT2D eigenvalue weighted by atomic mass is 15.1. The van der Waals surface area contributed by atoms with Crippen molar-refractivity contribution in [1.29, 1.82) is 0 Å². The van der Waals surface area contributed by atoms with Crippen LogP contribution in [-0.2, 0) is 0 Å². The Morgan fingerprint density at radius 2 is 0.725 bits per heavy atom. The van der Waals surface area contributed by atoms with Gasteiger partial charge < -0.3 is 14.4 Å². The lowest BCUT2D eigenvalue weighted by molar-refractivity contribution is 1.15. The molecule has 0 spiro atoms. The molecular weight excluding hydrogens is 975 g/mol. The van der Waals surface area contributed by atoms with Crippen LogP contribution in [-0.4, -0.2) is 14.5 Å². The van der Waals surface area contributed by atoms with E-state index in [2.05, 4.69) is 255 Å². The van der Waals surface area contributed by atoms with Gasteiger partial charge in [-0.25, -0.2) is 19.7 Å². The molecule has 11 aromatic carbocycles. The van der Waals surface area contributed by atoms with Crippen LogP contribution in [0.25, 0.3) is 93.3 Å². The van der Waals surface area contributed by atoms with E-state index in [1.165, 1.54) is 0 Å². The van der Waals surface area contributed by atoms with Gasteiger partial charge >= 0.3 is 0 Å². The molecule has 0 amide bonds. The molecule has 0 unspecified atom stereocenters. The van der Waals surface area contributed by atoms with Gasteiger partial charge in [-0.3, -0.25) is 0 Å². The summed E-state index contributed by atoms with van der Waals surface area (Å²) in [5.41, 5.74) is 20.0. The Hall–Kier alpha value is -11.1. The van der Waals surface area contributed by atoms with Crippen LogP contribution in [0.1, 0.15) is 5.56 Å². The van der Waals surface area contributed by atoms with Gasteiger partial charge in [0.15, 0.2) is 11.4 Å². The van der Waals surface area contributed by atoms with Crippen LogP contribution >= 0.6 is 0 Å². The number of anilines is 6. The van der Waals surface area contributed by atoms with Crippen LogP contribution in [0.4, 0.5) is 45.5 Å². The minimum Gasteiger partial charge on any atom is -0.310 e. The van der Waals surface area contributed by atoms with Crippen LogP contribution in [0.5, 0.6) is 0 Å². The maximum Gasteiger partial charge on any atom is 0.198 e. The molecule has 13 rings (SSSR count). The Kier molecular flexibility index (Phi) is 12.8. The maximum atomic E-state index is 7.84. The van der Waals surface area contributed by atoms with Crippen molar-refractivity contribution in [1.82, 2.24) is 14.5 Å². The van der Waals surface area contributed by atoms with Crippen LogP contribution < -0.4 is 9.80 Å². The van der Waals surface area contributed by atoms with E-state index < -0.39 is 0 Å². The van der Waals surface area contributed by atoms with Gasteiger partial charge in [0, 0.05) is 67.3 Å². The van der Waals surface area contributed by atoms with Crippen molar-refractivity contribution in [3.05, 3.63) is 307 Å². The molecule has 0 N–H and O–H groups in total. The Labute approximate surface area is 465 Å². The Morgan fingerprint density at radius 3 is 1.19 bits per heavy atom. The fraction of sp³-hybridized carbons (Fsp3) is 0.0137. The predicted molar refractivity (Wildman–Crippen MR) is 330 cm³/mol. The SMILES string of the molecule is [C-]#[N+]c1ccccc1-c1cc(-c2ccc(-c3ccc(-c4ccc(-n5c6ccc(N(c7ccccc7)c7ccccc7)cc6c6cc(N(c7ccccc7)c7ccccc7)ccc65)c(C)c4)cc3)cc2)nc(-c2ccccc2[N+]#[C-])n1. The molecule has 0 saturated carbocycles. The number of rotatable bonds is 12. The summed E-state index contributed by atoms with van der Waals surface area (Å²) in [6.07, 6.45) is 0. The quantitative estimate of drug-likeness (QED) is 0.114. The third-order valence-corrected chi connectivity index (χ3v) is 14.8. The van der Waals surface area contributed by atoms with Gasteiger partial charge in [0.2, 0.25) is 0 Å². The van der Waals surface area contributed by atoms with Crippen molar-refractivity contribution in [3.8, 4) is 61.8 Å². The van der Waals surface area contributed by atoms with E-state index in [-0.39, 0.29) is 0 Å². The lowest BCUT2D eigenvalue weighted by Gasteiger charge is -2.26. The highest BCUT2D eigenvalue weighted by Gasteiger charge is 2.22. The van der Waals surface area contributed by atoms with E-state index in [4.69, 9.17) is 23.1 Å². The number of aryl methyl sites for hydroxylation is 1. The van der Waals surface area contributed by atoms with Gasteiger partial charge in [0.25, 0.3) is 0 Å². The highest BCUT2D eigenvalue weighted by molar-refractivity contribution is 6.12. The van der Waals surface area contributed by atoms with Crippen LogP contribution in [0.15, 0.2) is 279 Å². The molecule has 80 heavy (non-hydrogen) atoms. The van der Waals surface area contributed by atoms with Crippen LogP contribution in [0, 0.1) is 20.1 Å². The molecule has 0 fully saturated rings. The van der Waals surface area contributed by atoms with E-state index in [9.17, 15) is 0 Å². The van der Waals surface area contributed by atoms with Crippen molar-refractivity contribution in [2.24, 2.45) is 0 Å². The smallest absolute Gasteiger partial charge is 0.198 e. The summed E-state index contributed by atoms with van der Waals surface area (Å²) in [4.78, 5) is 22.1. The fourth-order valence-electron chi connectivity index (χ4n) is 10.9. The van der Waals surface area contributed by atoms with E-state index in [1.54, 1.807) is 12.1 Å². The third kappa shape index (κ3) is 9.17. The van der Waals surface area contributed by atoms with Crippen LogP contribution in [0.3, 0.4) is 0 Å². The van der Waals surface area contributed by atoms with Crippen molar-refractivity contribution in [2.75, 3.05) is 9.80 Å². The zero-order valence-electron chi connectivity index (χ0n) is 43.7. The molecule has 0 saturated heterocycles. The normalized spacial score (nSPS) is 11.0. The monoisotopic (exact) mass is 1020 g/mol. The van der Waals surface area contributed by atoms with Gasteiger partial charge in [0.05, 0.1) is 35.6 Å². The lowest BCUT2D eigenvalue weighted by Crippen LogP contribution is -2.09. The summed E-state index contributed by atoms with van der Waals surface area (Å²) in [5.74, 6) is 0.439. The summed E-state index contributed by atoms with van der Waals surface area (Å²) in [7, 11) is 0. The maximum absolute atomic E-state index is 7.84. The molecule has 0 radical (unpaired) electrons. The third-order valence-electron chi connectivity index (χ3n) is 14.8. The molecule has 0 aliphatic carbocycles. The second-order valence-corrected chi connectivity index (χ2v) is 19.6. The first-order chi connectivity index (χ1) is 39.5. The topological polar surface area (TPSA) is 45.9 Å². The molecule has 7 heteroatoms. The first kappa shape index (κ1) is 48.5. The number of fused-ring (bicyclic) bond motifs is 3. The summed E-state index contributed by atoms with van der Waals surface area (Å²) in [5, 5.41) is 2.31. The van der Waals surface area contributed by atoms with Gasteiger partial charge in [-0.05, 0) is 138 Å². The fourth-order valence-corrected chi connectivity index (χ4v) is 10.9. The zero-order chi connectivity index (χ0) is 53.9. The number of aromatic nitrogens is 3. The van der Waals surface area contributed by atoms with Gasteiger partial charge in [-0.15, -0.1) is 0 Å². The highest BCUT2D eigenvalue weighted by Crippen LogP contribution is 2.44. The number of para-hydroxylation sites is 6. The molecule has 2 aromatic heterocycles. The minimum absolute atomic E-state index is 0.439.